The Morgan fingerprint density at radius 3 is 2.71 bits per heavy atom. The number of aromatic nitrogens is 1. The molecule has 1 N–H and O–H groups in total. The molecule has 0 unspecified atom stereocenters. The molecule has 0 bridgehead atoms. The zero-order valence-electron chi connectivity index (χ0n) is 11.5. The Hall–Kier alpha value is -0.670. The highest BCUT2D eigenvalue weighted by Crippen LogP contribution is 2.19. The van der Waals surface area contributed by atoms with Gasteiger partial charge in [0.25, 0.3) is 0 Å². The molecule has 1 rings (SSSR count). The van der Waals surface area contributed by atoms with Gasteiger partial charge >= 0.3 is 0 Å². The van der Waals surface area contributed by atoms with Gasteiger partial charge in [0.15, 0.2) is 0 Å². The molecule has 17 heavy (non-hydrogen) atoms. The Labute approximate surface area is 109 Å². The molecule has 0 aliphatic rings. The lowest BCUT2D eigenvalue weighted by Gasteiger charge is -2.01. The summed E-state index contributed by atoms with van der Waals surface area (Å²) in [6.45, 7) is 10.8. The monoisotopic (exact) mass is 252 g/mol. The molecule has 3 heteroatoms. The van der Waals surface area contributed by atoms with E-state index in [1.165, 1.54) is 27.6 Å². The second kappa shape index (κ2) is 7.62. The summed E-state index contributed by atoms with van der Waals surface area (Å²) < 4.78 is 0. The van der Waals surface area contributed by atoms with Gasteiger partial charge in [-0.3, -0.25) is 0 Å². The number of aryl methyl sites for hydroxylation is 2. The summed E-state index contributed by atoms with van der Waals surface area (Å²) in [4.78, 5) is 5.91. The number of nitrogens with one attached hydrogen (secondary N) is 1. The fourth-order valence-corrected chi connectivity index (χ4v) is 2.68. The molecule has 0 amide bonds. The largest absolute Gasteiger partial charge is 0.316 e. The Morgan fingerprint density at radius 2 is 2.12 bits per heavy atom. The molecule has 0 aromatic carbocycles. The van der Waals surface area contributed by atoms with Crippen LogP contribution in [0.5, 0.6) is 0 Å². The van der Waals surface area contributed by atoms with Crippen LogP contribution in [-0.4, -0.2) is 18.1 Å². The van der Waals surface area contributed by atoms with E-state index in [1.54, 1.807) is 0 Å². The van der Waals surface area contributed by atoms with Crippen molar-refractivity contribution in [2.45, 2.75) is 47.0 Å². The van der Waals surface area contributed by atoms with Crippen LogP contribution < -0.4 is 5.32 Å². The number of allylic oxidation sites excluding steroid dienone is 1. The number of hydrogen-bond donors (Lipinski definition) is 1. The van der Waals surface area contributed by atoms with Crippen LogP contribution in [0.3, 0.4) is 0 Å². The van der Waals surface area contributed by atoms with Crippen LogP contribution in [0.1, 0.15) is 42.3 Å². The lowest BCUT2D eigenvalue weighted by Crippen LogP contribution is -2.15. The van der Waals surface area contributed by atoms with Gasteiger partial charge < -0.3 is 5.32 Å². The molecule has 96 valence electrons. The molecule has 0 aliphatic carbocycles. The van der Waals surface area contributed by atoms with Gasteiger partial charge in [-0.1, -0.05) is 18.6 Å². The lowest BCUT2D eigenvalue weighted by atomic mass is 10.2. The highest BCUT2D eigenvalue weighted by atomic mass is 32.1. The first-order valence-electron chi connectivity index (χ1n) is 6.42. The third-order valence-corrected chi connectivity index (χ3v) is 3.82. The van der Waals surface area contributed by atoms with E-state index in [0.29, 0.717) is 0 Å². The normalized spacial score (nSPS) is 12.1. The molecule has 0 fully saturated rings. The van der Waals surface area contributed by atoms with Gasteiger partial charge in [-0.25, -0.2) is 4.98 Å². The van der Waals surface area contributed by atoms with Crippen LogP contribution in [-0.2, 0) is 6.42 Å². The van der Waals surface area contributed by atoms with Gasteiger partial charge in [0.1, 0.15) is 0 Å². The topological polar surface area (TPSA) is 24.9 Å². The molecular formula is C14H24N2S. The lowest BCUT2D eigenvalue weighted by molar-refractivity contribution is 0.677. The summed E-state index contributed by atoms with van der Waals surface area (Å²) in [6, 6.07) is 0. The summed E-state index contributed by atoms with van der Waals surface area (Å²) >= 11 is 1.82. The third kappa shape index (κ3) is 5.46. The van der Waals surface area contributed by atoms with E-state index in [2.05, 4.69) is 44.1 Å². The SMILES string of the molecule is CCCNCCC=C(C)Cc1nc(C)c(C)s1. The molecule has 0 radical (unpaired) electrons. The van der Waals surface area contributed by atoms with Crippen LogP contribution in [0, 0.1) is 13.8 Å². The fraction of sp³-hybridized carbons (Fsp3) is 0.643. The van der Waals surface area contributed by atoms with E-state index in [4.69, 9.17) is 0 Å². The highest BCUT2D eigenvalue weighted by molar-refractivity contribution is 7.11. The molecule has 1 aromatic heterocycles. The molecule has 1 aromatic rings. The van der Waals surface area contributed by atoms with Crippen molar-refractivity contribution in [2.24, 2.45) is 0 Å². The van der Waals surface area contributed by atoms with E-state index < -0.39 is 0 Å². The van der Waals surface area contributed by atoms with Crippen LogP contribution in [0.4, 0.5) is 0 Å². The average Bonchev–Trinajstić information content (AvgIpc) is 2.57. The van der Waals surface area contributed by atoms with E-state index in [0.717, 1.165) is 25.9 Å². The molecule has 0 atom stereocenters. The molecule has 0 aliphatic heterocycles. The zero-order chi connectivity index (χ0) is 12.7. The maximum Gasteiger partial charge on any atom is 0.0971 e. The van der Waals surface area contributed by atoms with Crippen LogP contribution in [0.2, 0.25) is 0 Å². The van der Waals surface area contributed by atoms with E-state index in [-0.39, 0.29) is 0 Å². The maximum absolute atomic E-state index is 4.57. The Bertz CT molecular complexity index is 347. The van der Waals surface area contributed by atoms with Crippen molar-refractivity contribution >= 4 is 11.3 Å². The first-order chi connectivity index (χ1) is 8.13. The van der Waals surface area contributed by atoms with Crippen molar-refractivity contribution in [2.75, 3.05) is 13.1 Å². The summed E-state index contributed by atoms with van der Waals surface area (Å²) in [5.74, 6) is 0. The van der Waals surface area contributed by atoms with Crippen molar-refractivity contribution in [3.05, 3.63) is 27.2 Å². The molecular weight excluding hydrogens is 228 g/mol. The van der Waals surface area contributed by atoms with E-state index in [9.17, 15) is 0 Å². The zero-order valence-corrected chi connectivity index (χ0v) is 12.3. The Balaban J connectivity index is 2.32. The summed E-state index contributed by atoms with van der Waals surface area (Å²) in [7, 11) is 0. The number of rotatable bonds is 7. The first-order valence-corrected chi connectivity index (χ1v) is 7.24. The summed E-state index contributed by atoms with van der Waals surface area (Å²) in [5.41, 5.74) is 2.61. The number of thiazole rings is 1. The van der Waals surface area contributed by atoms with Gasteiger partial charge in [-0.15, -0.1) is 11.3 Å². The van der Waals surface area contributed by atoms with Crippen molar-refractivity contribution in [1.82, 2.24) is 10.3 Å². The maximum atomic E-state index is 4.57. The number of hydrogen-bond acceptors (Lipinski definition) is 3. The standard InChI is InChI=1S/C14H24N2S/c1-5-8-15-9-6-7-11(2)10-14-16-12(3)13(4)17-14/h7,15H,5-6,8-10H2,1-4H3. The van der Waals surface area contributed by atoms with Gasteiger partial charge in [0, 0.05) is 11.3 Å². The smallest absolute Gasteiger partial charge is 0.0971 e. The van der Waals surface area contributed by atoms with Crippen molar-refractivity contribution in [1.29, 1.82) is 0 Å². The van der Waals surface area contributed by atoms with Gasteiger partial charge in [-0.05, 0) is 46.7 Å². The molecule has 0 saturated heterocycles. The third-order valence-electron chi connectivity index (χ3n) is 2.74. The van der Waals surface area contributed by atoms with Gasteiger partial charge in [0.05, 0.1) is 10.7 Å². The second-order valence-corrected chi connectivity index (χ2v) is 5.80. The second-order valence-electron chi connectivity index (χ2n) is 4.52. The highest BCUT2D eigenvalue weighted by Gasteiger charge is 2.03. The van der Waals surface area contributed by atoms with Crippen molar-refractivity contribution in [3.63, 3.8) is 0 Å². The Kier molecular flexibility index (Phi) is 6.45. The predicted molar refractivity (Wildman–Crippen MR) is 76.8 cm³/mol. The summed E-state index contributed by atoms with van der Waals surface area (Å²) in [6.07, 6.45) is 5.66. The minimum Gasteiger partial charge on any atom is -0.316 e. The molecule has 2 nitrogen and oxygen atoms in total. The first kappa shape index (κ1) is 14.4. The van der Waals surface area contributed by atoms with Crippen LogP contribution >= 0.6 is 11.3 Å². The summed E-state index contributed by atoms with van der Waals surface area (Å²) in [5, 5.41) is 4.66. The predicted octanol–water partition coefficient (Wildman–Crippen LogP) is 3.64. The fourth-order valence-electron chi connectivity index (χ4n) is 1.65. The average molecular weight is 252 g/mol. The van der Waals surface area contributed by atoms with E-state index in [1.807, 2.05) is 11.3 Å². The quantitative estimate of drug-likeness (QED) is 0.592. The minimum absolute atomic E-state index is 1.01. The van der Waals surface area contributed by atoms with Crippen molar-refractivity contribution in [3.8, 4) is 0 Å². The number of nitrogens with zero attached hydrogens (tertiary/aromatic N) is 1. The van der Waals surface area contributed by atoms with Crippen molar-refractivity contribution < 1.29 is 0 Å². The van der Waals surface area contributed by atoms with Crippen LogP contribution in [0.15, 0.2) is 11.6 Å². The van der Waals surface area contributed by atoms with E-state index >= 15 is 0 Å². The minimum atomic E-state index is 1.01. The molecule has 0 spiro atoms. The molecule has 0 saturated carbocycles. The Morgan fingerprint density at radius 1 is 1.35 bits per heavy atom. The van der Waals surface area contributed by atoms with Gasteiger partial charge in [-0.2, -0.15) is 0 Å². The molecule has 1 heterocycles. The van der Waals surface area contributed by atoms with Gasteiger partial charge in [0.2, 0.25) is 0 Å². The van der Waals surface area contributed by atoms with Crippen LogP contribution in [0.25, 0.3) is 0 Å².